The molecule has 0 unspecified atom stereocenters. The monoisotopic (exact) mass is 312 g/mol. The summed E-state index contributed by atoms with van der Waals surface area (Å²) in [5.74, 6) is -0.0749. The molecule has 0 aliphatic heterocycles. The standard InChI is InChI=1S/C13H17BrN2O2/c1-2-18-10-6-9(7-10)16-13(17)8-3-4-11(14)12(15)5-8/h3-5,9-10H,2,6-7,15H2,1H3,(H,16,17). The molecule has 1 fully saturated rings. The van der Waals surface area contributed by atoms with Crippen LogP contribution in [0, 0.1) is 0 Å². The number of anilines is 1. The van der Waals surface area contributed by atoms with Gasteiger partial charge in [-0.2, -0.15) is 0 Å². The number of hydrogen-bond acceptors (Lipinski definition) is 3. The van der Waals surface area contributed by atoms with E-state index in [2.05, 4.69) is 21.2 Å². The number of benzene rings is 1. The number of carbonyl (C=O) groups excluding carboxylic acids is 1. The normalized spacial score (nSPS) is 22.3. The third-order valence-electron chi connectivity index (χ3n) is 3.09. The van der Waals surface area contributed by atoms with Gasteiger partial charge in [0.2, 0.25) is 0 Å². The quantitative estimate of drug-likeness (QED) is 0.839. The van der Waals surface area contributed by atoms with Gasteiger partial charge in [-0.3, -0.25) is 4.79 Å². The number of nitrogen functional groups attached to an aromatic ring is 1. The zero-order chi connectivity index (χ0) is 13.1. The molecular formula is C13H17BrN2O2. The zero-order valence-electron chi connectivity index (χ0n) is 10.3. The summed E-state index contributed by atoms with van der Waals surface area (Å²) in [4.78, 5) is 12.0. The Labute approximate surface area is 115 Å². The molecule has 2 rings (SSSR count). The van der Waals surface area contributed by atoms with Crippen LogP contribution in [0.25, 0.3) is 0 Å². The van der Waals surface area contributed by atoms with Crippen LogP contribution >= 0.6 is 15.9 Å². The highest BCUT2D eigenvalue weighted by atomic mass is 79.9. The van der Waals surface area contributed by atoms with E-state index in [9.17, 15) is 4.79 Å². The number of nitrogens with one attached hydrogen (secondary N) is 1. The minimum atomic E-state index is -0.0749. The van der Waals surface area contributed by atoms with Gasteiger partial charge >= 0.3 is 0 Å². The second-order valence-corrected chi connectivity index (χ2v) is 5.31. The third kappa shape index (κ3) is 3.03. The van der Waals surface area contributed by atoms with Gasteiger partial charge in [-0.05, 0) is 53.9 Å². The molecule has 0 radical (unpaired) electrons. The van der Waals surface area contributed by atoms with Crippen molar-refractivity contribution in [3.8, 4) is 0 Å². The van der Waals surface area contributed by atoms with E-state index in [1.165, 1.54) is 0 Å². The predicted molar refractivity (Wildman–Crippen MR) is 74.5 cm³/mol. The highest BCUT2D eigenvalue weighted by Crippen LogP contribution is 2.24. The maximum Gasteiger partial charge on any atom is 0.251 e. The summed E-state index contributed by atoms with van der Waals surface area (Å²) >= 11 is 3.31. The molecule has 0 atom stereocenters. The molecule has 0 saturated heterocycles. The topological polar surface area (TPSA) is 64.3 Å². The van der Waals surface area contributed by atoms with E-state index in [0.29, 0.717) is 17.4 Å². The smallest absolute Gasteiger partial charge is 0.251 e. The number of hydrogen-bond donors (Lipinski definition) is 2. The lowest BCUT2D eigenvalue weighted by Gasteiger charge is -2.35. The number of nitrogens with two attached hydrogens (primary N) is 1. The molecule has 0 aromatic heterocycles. The molecule has 5 heteroatoms. The van der Waals surface area contributed by atoms with Gasteiger partial charge in [0, 0.05) is 28.4 Å². The van der Waals surface area contributed by atoms with Crippen molar-refractivity contribution >= 4 is 27.5 Å². The molecule has 0 spiro atoms. The van der Waals surface area contributed by atoms with Gasteiger partial charge in [-0.1, -0.05) is 0 Å². The second-order valence-electron chi connectivity index (χ2n) is 4.46. The fourth-order valence-electron chi connectivity index (χ4n) is 2.01. The van der Waals surface area contributed by atoms with Crippen molar-refractivity contribution in [3.05, 3.63) is 28.2 Å². The molecular weight excluding hydrogens is 296 g/mol. The van der Waals surface area contributed by atoms with Crippen LogP contribution < -0.4 is 11.1 Å². The Hall–Kier alpha value is -1.07. The van der Waals surface area contributed by atoms with Gasteiger partial charge in [0.05, 0.1) is 6.10 Å². The van der Waals surface area contributed by atoms with E-state index in [4.69, 9.17) is 10.5 Å². The molecule has 3 N–H and O–H groups in total. The molecule has 18 heavy (non-hydrogen) atoms. The molecule has 0 bridgehead atoms. The lowest BCUT2D eigenvalue weighted by Crippen LogP contribution is -2.47. The van der Waals surface area contributed by atoms with Crippen molar-refractivity contribution in [3.63, 3.8) is 0 Å². The van der Waals surface area contributed by atoms with Crippen molar-refractivity contribution < 1.29 is 9.53 Å². The average molecular weight is 313 g/mol. The van der Waals surface area contributed by atoms with Gasteiger partial charge in [-0.15, -0.1) is 0 Å². The summed E-state index contributed by atoms with van der Waals surface area (Å²) in [5, 5.41) is 2.98. The first kappa shape index (κ1) is 13.4. The maximum atomic E-state index is 12.0. The molecule has 1 aliphatic rings. The van der Waals surface area contributed by atoms with Crippen LogP contribution in [-0.2, 0) is 4.74 Å². The third-order valence-corrected chi connectivity index (χ3v) is 3.81. The Kier molecular flexibility index (Phi) is 4.24. The van der Waals surface area contributed by atoms with Crippen LogP contribution in [-0.4, -0.2) is 24.7 Å². The van der Waals surface area contributed by atoms with Gasteiger partial charge in [0.25, 0.3) is 5.91 Å². The molecule has 98 valence electrons. The van der Waals surface area contributed by atoms with E-state index in [1.807, 2.05) is 6.92 Å². The molecule has 1 aromatic rings. The second kappa shape index (κ2) is 5.71. The van der Waals surface area contributed by atoms with Crippen molar-refractivity contribution in [2.45, 2.75) is 31.9 Å². The first-order chi connectivity index (χ1) is 8.60. The highest BCUT2D eigenvalue weighted by molar-refractivity contribution is 9.10. The summed E-state index contributed by atoms with van der Waals surface area (Å²) in [6.07, 6.45) is 2.09. The number of carbonyl (C=O) groups is 1. The Bertz CT molecular complexity index is 445. The van der Waals surface area contributed by atoms with E-state index in [1.54, 1.807) is 18.2 Å². The summed E-state index contributed by atoms with van der Waals surface area (Å²) in [6.45, 7) is 2.71. The first-order valence-electron chi connectivity index (χ1n) is 6.07. The Morgan fingerprint density at radius 2 is 2.28 bits per heavy atom. The highest BCUT2D eigenvalue weighted by Gasteiger charge is 2.30. The summed E-state index contributed by atoms with van der Waals surface area (Å²) in [5.41, 5.74) is 6.92. The summed E-state index contributed by atoms with van der Waals surface area (Å²) in [6, 6.07) is 5.44. The van der Waals surface area contributed by atoms with E-state index >= 15 is 0 Å². The van der Waals surface area contributed by atoms with Crippen LogP contribution in [0.5, 0.6) is 0 Å². The number of amides is 1. The molecule has 1 saturated carbocycles. The van der Waals surface area contributed by atoms with Crippen LogP contribution in [0.4, 0.5) is 5.69 Å². The van der Waals surface area contributed by atoms with E-state index < -0.39 is 0 Å². The molecule has 0 heterocycles. The molecule has 1 aliphatic carbocycles. The fourth-order valence-corrected chi connectivity index (χ4v) is 2.26. The Balaban J connectivity index is 1.87. The zero-order valence-corrected chi connectivity index (χ0v) is 11.9. The first-order valence-corrected chi connectivity index (χ1v) is 6.87. The molecule has 1 amide bonds. The Morgan fingerprint density at radius 1 is 1.56 bits per heavy atom. The van der Waals surface area contributed by atoms with Crippen molar-refractivity contribution in [1.29, 1.82) is 0 Å². The number of halogens is 1. The van der Waals surface area contributed by atoms with Crippen LogP contribution in [0.2, 0.25) is 0 Å². The van der Waals surface area contributed by atoms with Gasteiger partial charge in [0.15, 0.2) is 0 Å². The Morgan fingerprint density at radius 3 is 2.89 bits per heavy atom. The van der Waals surface area contributed by atoms with E-state index in [0.717, 1.165) is 23.9 Å². The minimum absolute atomic E-state index is 0.0749. The van der Waals surface area contributed by atoms with Gasteiger partial charge < -0.3 is 15.8 Å². The lowest BCUT2D eigenvalue weighted by molar-refractivity contribution is -0.00862. The fraction of sp³-hybridized carbons (Fsp3) is 0.462. The maximum absolute atomic E-state index is 12.0. The number of ether oxygens (including phenoxy) is 1. The minimum Gasteiger partial charge on any atom is -0.398 e. The molecule has 1 aromatic carbocycles. The summed E-state index contributed by atoms with van der Waals surface area (Å²) < 4.78 is 6.26. The van der Waals surface area contributed by atoms with Crippen molar-refractivity contribution in [1.82, 2.24) is 5.32 Å². The average Bonchev–Trinajstić information content (AvgIpc) is 2.30. The predicted octanol–water partition coefficient (Wildman–Crippen LogP) is 2.33. The van der Waals surface area contributed by atoms with E-state index in [-0.39, 0.29) is 11.9 Å². The largest absolute Gasteiger partial charge is 0.398 e. The summed E-state index contributed by atoms with van der Waals surface area (Å²) in [7, 11) is 0. The van der Waals surface area contributed by atoms with Crippen LogP contribution in [0.15, 0.2) is 22.7 Å². The van der Waals surface area contributed by atoms with Crippen LogP contribution in [0.3, 0.4) is 0 Å². The van der Waals surface area contributed by atoms with Crippen molar-refractivity contribution in [2.75, 3.05) is 12.3 Å². The molecule has 4 nitrogen and oxygen atoms in total. The van der Waals surface area contributed by atoms with Crippen molar-refractivity contribution in [2.24, 2.45) is 0 Å². The van der Waals surface area contributed by atoms with Gasteiger partial charge in [0.1, 0.15) is 0 Å². The van der Waals surface area contributed by atoms with Crippen LogP contribution in [0.1, 0.15) is 30.1 Å². The SMILES string of the molecule is CCOC1CC(NC(=O)c2ccc(Br)c(N)c2)C1. The number of rotatable bonds is 4. The van der Waals surface area contributed by atoms with Gasteiger partial charge in [-0.25, -0.2) is 0 Å². The lowest BCUT2D eigenvalue weighted by atomic mass is 9.89.